The Balaban J connectivity index is 0.000000137. The van der Waals surface area contributed by atoms with Gasteiger partial charge >= 0.3 is 27.0 Å². The molecule has 0 bridgehead atoms. The largest absolute Gasteiger partial charge is 2.00 e. The molecule has 0 unspecified atom stereocenters. The van der Waals surface area contributed by atoms with E-state index in [1.165, 1.54) is 14.0 Å². The molecule has 422 valence electrons. The van der Waals surface area contributed by atoms with Crippen LogP contribution in [-0.4, -0.2) is 94.9 Å². The van der Waals surface area contributed by atoms with Gasteiger partial charge in [-0.15, -0.1) is 0 Å². The summed E-state index contributed by atoms with van der Waals surface area (Å²) in [6, 6.07) is 44.7. The van der Waals surface area contributed by atoms with Crippen LogP contribution in [-0.2, 0) is 30.6 Å². The Morgan fingerprint density at radius 1 is 0.440 bits per heavy atom. The molecular formula is C63H56N16O4Pt. The zero-order valence-corrected chi connectivity index (χ0v) is 49.9. The summed E-state index contributed by atoms with van der Waals surface area (Å²) in [6.45, 7) is 16.8. The molecule has 8 aromatic heterocycles. The van der Waals surface area contributed by atoms with Crippen LogP contribution >= 0.6 is 0 Å². The van der Waals surface area contributed by atoms with Gasteiger partial charge in [-0.3, -0.25) is 14.7 Å². The maximum Gasteiger partial charge on any atom is 2.00 e. The summed E-state index contributed by atoms with van der Waals surface area (Å²) in [4.78, 5) is 77.4. The van der Waals surface area contributed by atoms with Crippen molar-refractivity contribution in [2.24, 2.45) is 0 Å². The molecule has 20 nitrogen and oxygen atoms in total. The minimum absolute atomic E-state index is 0. The van der Waals surface area contributed by atoms with Crippen molar-refractivity contribution in [3.05, 3.63) is 197 Å². The number of carbonyl (C=O) groups is 3. The molecule has 0 aliphatic carbocycles. The Morgan fingerprint density at radius 2 is 0.786 bits per heavy atom. The molecule has 13 aromatic rings. The van der Waals surface area contributed by atoms with E-state index < -0.39 is 5.97 Å². The second-order valence-electron chi connectivity index (χ2n) is 19.2. The van der Waals surface area contributed by atoms with Gasteiger partial charge in [0.25, 0.3) is 0 Å². The average Bonchev–Trinajstić information content (AvgIpc) is 4.38. The van der Waals surface area contributed by atoms with Gasteiger partial charge in [-0.2, -0.15) is 5.10 Å². The number of benzene rings is 5. The van der Waals surface area contributed by atoms with E-state index in [9.17, 15) is 14.4 Å². The number of fused-ring (bicyclic) bond motifs is 5. The maximum absolute atomic E-state index is 11.7. The van der Waals surface area contributed by atoms with Crippen molar-refractivity contribution in [1.29, 1.82) is 0 Å². The number of hydrogen-bond acceptors (Lipinski definition) is 17. The van der Waals surface area contributed by atoms with Gasteiger partial charge in [0.05, 0.1) is 41.1 Å². The molecule has 0 atom stereocenters. The van der Waals surface area contributed by atoms with Gasteiger partial charge in [0.15, 0.2) is 11.6 Å². The number of aryl methyl sites for hydroxylation is 8. The number of ether oxygens (including phenoxy) is 1. The molecular weight excluding hydrogens is 1240 g/mol. The first-order valence-corrected chi connectivity index (χ1v) is 26.3. The Labute approximate surface area is 497 Å². The monoisotopic (exact) mass is 1300 g/mol. The van der Waals surface area contributed by atoms with E-state index in [2.05, 4.69) is 85.2 Å². The number of aromatic nitrogens is 16. The van der Waals surface area contributed by atoms with Crippen LogP contribution in [0.5, 0.6) is 0 Å². The van der Waals surface area contributed by atoms with E-state index in [1.807, 2.05) is 195 Å². The van der Waals surface area contributed by atoms with Crippen molar-refractivity contribution in [3.63, 3.8) is 0 Å². The number of H-pyrrole nitrogens is 1. The summed E-state index contributed by atoms with van der Waals surface area (Å²) in [5, 5.41) is 28.3. The summed E-state index contributed by atoms with van der Waals surface area (Å²) < 4.78 is 4.58. The third kappa shape index (κ3) is 14.5. The molecule has 0 saturated carbocycles. The standard InChI is InChI=1S/C13H12N4.2C13H11N4.C13H12N2O2.C11H10N2O2.Pt/c3*1-8-7-12(17-16-8)13-14-9(2)10-5-3-4-6-11(10)15-13;1-8(16)7-12(17)13-14-9(2)10-5-3-4-6-11(10)15-13;1-7-8-5-3-4-6-9(8)13-10(12-7)11(14)15-2;/h3-7H,1-2H3,(H,16,17);2*3-7H,1-2H3;3-6H,7H2,1-2H3;3-6H,1-2H3;/q;2*-1;;;+2. The second kappa shape index (κ2) is 27.1. The van der Waals surface area contributed by atoms with Crippen molar-refractivity contribution in [1.82, 2.24) is 80.4 Å². The van der Waals surface area contributed by atoms with Crippen molar-refractivity contribution < 1.29 is 40.2 Å². The Morgan fingerprint density at radius 3 is 1.14 bits per heavy atom. The van der Waals surface area contributed by atoms with Crippen LogP contribution in [0.1, 0.15) is 80.1 Å². The molecule has 13 rings (SSSR count). The number of methoxy groups -OCH3 is 1. The predicted molar refractivity (Wildman–Crippen MR) is 317 cm³/mol. The molecule has 84 heavy (non-hydrogen) atoms. The molecule has 0 radical (unpaired) electrons. The van der Waals surface area contributed by atoms with E-state index >= 15 is 0 Å². The fourth-order valence-corrected chi connectivity index (χ4v) is 8.66. The molecule has 0 saturated heterocycles. The fourth-order valence-electron chi connectivity index (χ4n) is 8.66. The third-order valence-electron chi connectivity index (χ3n) is 12.7. The quantitative estimate of drug-likeness (QED) is 0.0882. The number of Topliss-reactive ketones (excluding diaryl/α,β-unsaturated/α-hetero) is 2. The van der Waals surface area contributed by atoms with Gasteiger partial charge in [0, 0.05) is 72.5 Å². The van der Waals surface area contributed by atoms with Gasteiger partial charge in [0.2, 0.25) is 11.6 Å². The SMILES string of the molecule is CC(=O)CC(=O)c1nc(C)c2ccccc2n1.COC(=O)c1nc(C)c2ccccc2n1.Cc1cc(-c2nc(C)c3ccccc3n2)[n-]n1.Cc1cc(-c2nc(C)c3ccccc3n2)[n-]n1.Cc1cc(-c2nc(C)c3ccccc3n2)n[nH]1.[Pt+2]. The van der Waals surface area contributed by atoms with E-state index in [-0.39, 0.29) is 50.7 Å². The van der Waals surface area contributed by atoms with Crippen LogP contribution < -0.4 is 10.2 Å². The summed E-state index contributed by atoms with van der Waals surface area (Å²) in [6.07, 6.45) is -0.141. The van der Waals surface area contributed by atoms with E-state index in [0.717, 1.165) is 117 Å². The molecule has 0 aliphatic heterocycles. The van der Waals surface area contributed by atoms with Crippen LogP contribution in [0.3, 0.4) is 0 Å². The predicted octanol–water partition coefficient (Wildman–Crippen LogP) is 11.0. The smallest absolute Gasteiger partial charge is 0.572 e. The Bertz CT molecular complexity index is 4230. The van der Waals surface area contributed by atoms with Crippen LogP contribution in [0.2, 0.25) is 0 Å². The number of carbonyl (C=O) groups excluding carboxylic acids is 3. The minimum Gasteiger partial charge on any atom is -0.572 e. The second-order valence-corrected chi connectivity index (χ2v) is 19.2. The number of nitrogens with one attached hydrogen (secondary N) is 1. The first kappa shape index (κ1) is 60.0. The molecule has 1 N–H and O–H groups in total. The summed E-state index contributed by atoms with van der Waals surface area (Å²) in [5.74, 6) is 1.17. The van der Waals surface area contributed by atoms with Crippen LogP contribution in [0.25, 0.3) is 89.1 Å². The van der Waals surface area contributed by atoms with Crippen LogP contribution in [0.15, 0.2) is 140 Å². The number of nitrogens with zero attached hydrogens (tertiary/aromatic N) is 15. The first-order valence-electron chi connectivity index (χ1n) is 26.3. The van der Waals surface area contributed by atoms with E-state index in [4.69, 9.17) is 0 Å². The summed E-state index contributed by atoms with van der Waals surface area (Å²) in [5.41, 5.74) is 13.8. The zero-order chi connectivity index (χ0) is 58.7. The molecule has 0 spiro atoms. The first-order chi connectivity index (χ1) is 40.0. The molecule has 0 fully saturated rings. The van der Waals surface area contributed by atoms with Crippen molar-refractivity contribution in [2.75, 3.05) is 7.11 Å². The van der Waals surface area contributed by atoms with Gasteiger partial charge in [-0.1, -0.05) is 115 Å². The number of rotatable bonds is 7. The summed E-state index contributed by atoms with van der Waals surface area (Å²) >= 11 is 0. The molecule has 0 aliphatic rings. The normalized spacial score (nSPS) is 10.6. The molecule has 8 heterocycles. The number of para-hydroxylation sites is 5. The Hall–Kier alpha value is -10.1. The van der Waals surface area contributed by atoms with Crippen LogP contribution in [0.4, 0.5) is 0 Å². The van der Waals surface area contributed by atoms with Gasteiger partial charge < -0.3 is 25.1 Å². The molecule has 21 heteroatoms. The Kier molecular flexibility index (Phi) is 19.4. The van der Waals surface area contributed by atoms with E-state index in [1.54, 1.807) is 0 Å². The molecule has 0 amide bonds. The topological polar surface area (TPSA) is 272 Å². The van der Waals surface area contributed by atoms with Gasteiger partial charge in [-0.05, 0) is 98.7 Å². The fraction of sp³-hybridized carbons (Fsp3) is 0.175. The van der Waals surface area contributed by atoms with Gasteiger partial charge in [0.1, 0.15) is 23.1 Å². The van der Waals surface area contributed by atoms with Crippen LogP contribution in [0, 0.1) is 55.4 Å². The van der Waals surface area contributed by atoms with Crippen molar-refractivity contribution >= 4 is 72.1 Å². The van der Waals surface area contributed by atoms with Gasteiger partial charge in [-0.25, -0.2) is 54.6 Å². The van der Waals surface area contributed by atoms with Crippen molar-refractivity contribution in [2.45, 2.75) is 68.7 Å². The van der Waals surface area contributed by atoms with Crippen molar-refractivity contribution in [3.8, 4) is 34.6 Å². The number of hydrogen-bond donors (Lipinski definition) is 1. The zero-order valence-electron chi connectivity index (χ0n) is 47.6. The number of aromatic amines is 1. The average molecular weight is 1300 g/mol. The van der Waals surface area contributed by atoms with E-state index in [0.29, 0.717) is 17.5 Å². The maximum atomic E-state index is 11.7. The third-order valence-corrected chi connectivity index (χ3v) is 12.7. The minimum atomic E-state index is -0.510. The number of ketones is 2. The number of esters is 1. The molecule has 5 aromatic carbocycles. The summed E-state index contributed by atoms with van der Waals surface area (Å²) in [7, 11) is 1.32.